The molecular weight excluding hydrogens is 224 g/mol. The van der Waals surface area contributed by atoms with E-state index in [0.29, 0.717) is 6.04 Å². The number of hydrogen-bond donors (Lipinski definition) is 1. The van der Waals surface area contributed by atoms with Crippen molar-refractivity contribution in [3.63, 3.8) is 0 Å². The van der Waals surface area contributed by atoms with Gasteiger partial charge in [0.2, 0.25) is 0 Å². The summed E-state index contributed by atoms with van der Waals surface area (Å²) in [6.07, 6.45) is 9.88. The maximum Gasteiger partial charge on any atom is 0.0521 e. The van der Waals surface area contributed by atoms with Gasteiger partial charge >= 0.3 is 0 Å². The number of nitrogens with zero attached hydrogens (tertiary/aromatic N) is 3. The van der Waals surface area contributed by atoms with Gasteiger partial charge in [-0.2, -0.15) is 5.10 Å². The van der Waals surface area contributed by atoms with Gasteiger partial charge in [-0.15, -0.1) is 0 Å². The minimum Gasteiger partial charge on any atom is -0.313 e. The summed E-state index contributed by atoms with van der Waals surface area (Å²) in [7, 11) is 3.95. The van der Waals surface area contributed by atoms with Gasteiger partial charge in [-0.3, -0.25) is 9.67 Å². The Bertz CT molecular complexity index is 504. The third-order valence-corrected chi connectivity index (χ3v) is 3.28. The van der Waals surface area contributed by atoms with E-state index in [9.17, 15) is 0 Å². The molecule has 0 saturated heterocycles. The number of hydrogen-bond acceptors (Lipinski definition) is 3. The first-order chi connectivity index (χ1) is 8.70. The zero-order valence-electron chi connectivity index (χ0n) is 11.2. The van der Waals surface area contributed by atoms with E-state index < -0.39 is 0 Å². The van der Waals surface area contributed by atoms with Crippen LogP contribution in [-0.4, -0.2) is 21.8 Å². The molecule has 0 aromatic carbocycles. The molecule has 0 aliphatic heterocycles. The van der Waals surface area contributed by atoms with E-state index in [-0.39, 0.29) is 0 Å². The Morgan fingerprint density at radius 2 is 2.22 bits per heavy atom. The molecule has 0 bridgehead atoms. The van der Waals surface area contributed by atoms with E-state index in [1.54, 1.807) is 0 Å². The average molecular weight is 244 g/mol. The van der Waals surface area contributed by atoms with Gasteiger partial charge in [-0.25, -0.2) is 0 Å². The monoisotopic (exact) mass is 244 g/mol. The van der Waals surface area contributed by atoms with E-state index in [1.807, 2.05) is 37.4 Å². The van der Waals surface area contributed by atoms with E-state index in [0.717, 1.165) is 12.8 Å². The van der Waals surface area contributed by atoms with E-state index in [2.05, 4.69) is 34.6 Å². The first-order valence-electron chi connectivity index (χ1n) is 6.26. The zero-order valence-corrected chi connectivity index (χ0v) is 11.2. The Kier molecular flexibility index (Phi) is 4.10. The van der Waals surface area contributed by atoms with Crippen molar-refractivity contribution in [3.8, 4) is 0 Å². The fourth-order valence-corrected chi connectivity index (χ4v) is 2.21. The molecule has 0 fully saturated rings. The fourth-order valence-electron chi connectivity index (χ4n) is 2.21. The summed E-state index contributed by atoms with van der Waals surface area (Å²) < 4.78 is 1.85. The van der Waals surface area contributed by atoms with Crippen LogP contribution in [0, 0.1) is 6.92 Å². The lowest BCUT2D eigenvalue weighted by Crippen LogP contribution is -2.18. The Morgan fingerprint density at radius 1 is 1.39 bits per heavy atom. The summed E-state index contributed by atoms with van der Waals surface area (Å²) in [6.45, 7) is 2.13. The van der Waals surface area contributed by atoms with Crippen LogP contribution in [0.4, 0.5) is 0 Å². The lowest BCUT2D eigenvalue weighted by atomic mass is 9.98. The van der Waals surface area contributed by atoms with Gasteiger partial charge in [0.25, 0.3) is 0 Å². The van der Waals surface area contributed by atoms with Crippen LogP contribution in [0.3, 0.4) is 0 Å². The van der Waals surface area contributed by atoms with Crippen LogP contribution in [0.25, 0.3) is 0 Å². The molecule has 2 aromatic rings. The Hall–Kier alpha value is -1.68. The maximum absolute atomic E-state index is 4.22. The minimum atomic E-state index is 0.346. The summed E-state index contributed by atoms with van der Waals surface area (Å²) in [5.74, 6) is 0. The molecule has 1 atom stereocenters. The van der Waals surface area contributed by atoms with E-state index in [1.165, 1.54) is 16.7 Å². The summed E-state index contributed by atoms with van der Waals surface area (Å²) in [6, 6.07) is 2.41. The number of aromatic nitrogens is 3. The highest BCUT2D eigenvalue weighted by Gasteiger charge is 2.12. The normalized spacial score (nSPS) is 12.6. The molecule has 1 unspecified atom stereocenters. The van der Waals surface area contributed by atoms with Crippen molar-refractivity contribution < 1.29 is 0 Å². The van der Waals surface area contributed by atoms with Crippen LogP contribution in [0.2, 0.25) is 0 Å². The number of pyridine rings is 1. The molecule has 96 valence electrons. The molecule has 0 radical (unpaired) electrons. The highest BCUT2D eigenvalue weighted by atomic mass is 15.2. The van der Waals surface area contributed by atoms with Crippen molar-refractivity contribution in [1.29, 1.82) is 0 Å². The predicted molar refractivity (Wildman–Crippen MR) is 72.3 cm³/mol. The van der Waals surface area contributed by atoms with Gasteiger partial charge < -0.3 is 5.32 Å². The Labute approximate surface area is 108 Å². The SMILES string of the molecule is CNC(CCc1cnn(C)c1)c1cnccc1C. The molecule has 0 amide bonds. The molecule has 0 saturated carbocycles. The van der Waals surface area contributed by atoms with Crippen LogP contribution >= 0.6 is 0 Å². The van der Waals surface area contributed by atoms with Crippen molar-refractivity contribution >= 4 is 0 Å². The molecule has 4 heteroatoms. The van der Waals surface area contributed by atoms with Crippen LogP contribution in [0.1, 0.15) is 29.2 Å². The van der Waals surface area contributed by atoms with Gasteiger partial charge in [-0.05, 0) is 49.6 Å². The predicted octanol–water partition coefficient (Wildman–Crippen LogP) is 2.02. The molecular formula is C14H20N4. The Morgan fingerprint density at radius 3 is 2.83 bits per heavy atom. The van der Waals surface area contributed by atoms with Gasteiger partial charge in [0.05, 0.1) is 6.20 Å². The molecule has 0 aliphatic rings. The van der Waals surface area contributed by atoms with Gasteiger partial charge in [-0.1, -0.05) is 0 Å². The van der Waals surface area contributed by atoms with Gasteiger partial charge in [0, 0.05) is 31.7 Å². The minimum absolute atomic E-state index is 0.346. The maximum atomic E-state index is 4.22. The standard InChI is InChI=1S/C14H20N4/c1-11-6-7-16-9-13(11)14(15-2)5-4-12-8-17-18(3)10-12/h6-10,14-15H,4-5H2,1-3H3. The Balaban J connectivity index is 2.04. The smallest absolute Gasteiger partial charge is 0.0521 e. The summed E-state index contributed by atoms with van der Waals surface area (Å²) in [5, 5.41) is 7.56. The van der Waals surface area contributed by atoms with Crippen molar-refractivity contribution in [3.05, 3.63) is 47.5 Å². The first-order valence-corrected chi connectivity index (χ1v) is 6.26. The third-order valence-electron chi connectivity index (χ3n) is 3.28. The molecule has 2 heterocycles. The number of nitrogens with one attached hydrogen (secondary N) is 1. The molecule has 1 N–H and O–H groups in total. The zero-order chi connectivity index (χ0) is 13.0. The van der Waals surface area contributed by atoms with E-state index >= 15 is 0 Å². The summed E-state index contributed by atoms with van der Waals surface area (Å²) >= 11 is 0. The van der Waals surface area contributed by atoms with Gasteiger partial charge in [0.1, 0.15) is 0 Å². The lowest BCUT2D eigenvalue weighted by molar-refractivity contribution is 0.545. The van der Waals surface area contributed by atoms with Crippen molar-refractivity contribution in [1.82, 2.24) is 20.1 Å². The molecule has 18 heavy (non-hydrogen) atoms. The first kappa shape index (κ1) is 12.8. The largest absolute Gasteiger partial charge is 0.313 e. The topological polar surface area (TPSA) is 42.7 Å². The highest BCUT2D eigenvalue weighted by Crippen LogP contribution is 2.21. The van der Waals surface area contributed by atoms with Crippen molar-refractivity contribution in [2.45, 2.75) is 25.8 Å². The fraction of sp³-hybridized carbons (Fsp3) is 0.429. The molecule has 2 rings (SSSR count). The lowest BCUT2D eigenvalue weighted by Gasteiger charge is -2.17. The third kappa shape index (κ3) is 2.96. The van der Waals surface area contributed by atoms with Crippen molar-refractivity contribution in [2.75, 3.05) is 7.05 Å². The molecule has 0 spiro atoms. The van der Waals surface area contributed by atoms with Crippen LogP contribution in [0.15, 0.2) is 30.9 Å². The second-order valence-corrected chi connectivity index (χ2v) is 4.63. The van der Waals surface area contributed by atoms with Crippen LogP contribution < -0.4 is 5.32 Å². The van der Waals surface area contributed by atoms with Crippen LogP contribution in [0.5, 0.6) is 0 Å². The van der Waals surface area contributed by atoms with Crippen LogP contribution in [-0.2, 0) is 13.5 Å². The van der Waals surface area contributed by atoms with Crippen molar-refractivity contribution in [2.24, 2.45) is 7.05 Å². The molecule has 2 aromatic heterocycles. The second-order valence-electron chi connectivity index (χ2n) is 4.63. The average Bonchev–Trinajstić information content (AvgIpc) is 2.78. The summed E-state index contributed by atoms with van der Waals surface area (Å²) in [4.78, 5) is 4.22. The summed E-state index contributed by atoms with van der Waals surface area (Å²) in [5.41, 5.74) is 3.85. The molecule has 0 aliphatic carbocycles. The quantitative estimate of drug-likeness (QED) is 0.875. The van der Waals surface area contributed by atoms with Gasteiger partial charge in [0.15, 0.2) is 0 Å². The molecule has 4 nitrogen and oxygen atoms in total. The highest BCUT2D eigenvalue weighted by molar-refractivity contribution is 5.25. The second kappa shape index (κ2) is 5.78. The number of aryl methyl sites for hydroxylation is 3. The van der Waals surface area contributed by atoms with E-state index in [4.69, 9.17) is 0 Å². The number of rotatable bonds is 5.